The van der Waals surface area contributed by atoms with Crippen LogP contribution < -0.4 is 19.9 Å². The summed E-state index contributed by atoms with van der Waals surface area (Å²) in [6.07, 6.45) is 1.85. The van der Waals surface area contributed by atoms with Crippen LogP contribution in [0.2, 0.25) is 0 Å². The number of pyridine rings is 1. The van der Waals surface area contributed by atoms with E-state index in [4.69, 9.17) is 4.74 Å². The Balaban J connectivity index is 1.54. The minimum absolute atomic E-state index is 0.731. The number of ether oxygens (including phenoxy) is 1. The van der Waals surface area contributed by atoms with Crippen molar-refractivity contribution in [2.75, 3.05) is 64.2 Å². The van der Waals surface area contributed by atoms with Crippen LogP contribution in [0.4, 0.5) is 11.5 Å². The minimum atomic E-state index is 0.731. The maximum atomic E-state index is 5.25. The second kappa shape index (κ2) is 9.30. The predicted molar refractivity (Wildman–Crippen MR) is 116 cm³/mol. The fraction of sp³-hybridized carbons (Fsp3) is 0.429. The average molecular weight is 383 g/mol. The van der Waals surface area contributed by atoms with E-state index in [9.17, 15) is 0 Å². The molecule has 1 aromatic heterocycles. The molecule has 150 valence electrons. The molecule has 7 heteroatoms. The van der Waals surface area contributed by atoms with Gasteiger partial charge in [0.25, 0.3) is 0 Å². The van der Waals surface area contributed by atoms with Gasteiger partial charge in [-0.05, 0) is 42.0 Å². The van der Waals surface area contributed by atoms with E-state index in [1.54, 1.807) is 7.11 Å². The van der Waals surface area contributed by atoms with Gasteiger partial charge in [-0.2, -0.15) is 0 Å². The first-order chi connectivity index (χ1) is 13.6. The van der Waals surface area contributed by atoms with E-state index in [1.165, 1.54) is 11.3 Å². The summed E-state index contributed by atoms with van der Waals surface area (Å²) in [5.74, 6) is 2.79. The molecule has 1 aromatic carbocycles. The number of guanidine groups is 1. The summed E-state index contributed by atoms with van der Waals surface area (Å²) in [5.41, 5.74) is 2.42. The number of piperazine rings is 1. The Morgan fingerprint density at radius 2 is 1.86 bits per heavy atom. The van der Waals surface area contributed by atoms with E-state index < -0.39 is 0 Å². The second-order valence-corrected chi connectivity index (χ2v) is 6.99. The van der Waals surface area contributed by atoms with Crippen molar-refractivity contribution in [3.8, 4) is 5.75 Å². The number of anilines is 2. The number of hydrogen-bond acceptors (Lipinski definition) is 5. The van der Waals surface area contributed by atoms with Crippen LogP contribution in [0.3, 0.4) is 0 Å². The highest BCUT2D eigenvalue weighted by atomic mass is 16.5. The lowest BCUT2D eigenvalue weighted by Gasteiger charge is -2.37. The fourth-order valence-corrected chi connectivity index (χ4v) is 3.30. The van der Waals surface area contributed by atoms with Crippen molar-refractivity contribution >= 4 is 17.5 Å². The first kappa shape index (κ1) is 19.8. The normalized spacial score (nSPS) is 14.8. The summed E-state index contributed by atoms with van der Waals surface area (Å²) in [6, 6.07) is 12.4. The van der Waals surface area contributed by atoms with Gasteiger partial charge in [0.15, 0.2) is 5.96 Å². The SMILES string of the molecule is CN=C(NCc1ccnc(N(C)C)c1)N1CCN(c2ccc(OC)cc2)CC1. The fourth-order valence-electron chi connectivity index (χ4n) is 3.30. The zero-order chi connectivity index (χ0) is 19.9. The molecule has 0 bridgehead atoms. The molecule has 1 fully saturated rings. The summed E-state index contributed by atoms with van der Waals surface area (Å²) in [7, 11) is 7.54. The quantitative estimate of drug-likeness (QED) is 0.631. The maximum absolute atomic E-state index is 5.25. The zero-order valence-electron chi connectivity index (χ0n) is 17.2. The lowest BCUT2D eigenvalue weighted by Crippen LogP contribution is -2.52. The predicted octanol–water partition coefficient (Wildman–Crippen LogP) is 2.05. The standard InChI is InChI=1S/C21H30N6O/c1-22-21(24-16-17-9-10-23-20(15-17)25(2)3)27-13-11-26(12-14-27)18-5-7-19(28-4)8-6-18/h5-10,15H,11-14,16H2,1-4H3,(H,22,24). The van der Waals surface area contributed by atoms with Crippen molar-refractivity contribution in [1.29, 1.82) is 0 Å². The molecule has 2 aromatic rings. The molecule has 0 aliphatic carbocycles. The zero-order valence-corrected chi connectivity index (χ0v) is 17.2. The molecule has 1 aliphatic heterocycles. The summed E-state index contributed by atoms with van der Waals surface area (Å²) < 4.78 is 5.25. The van der Waals surface area contributed by atoms with Crippen LogP contribution in [0, 0.1) is 0 Å². The van der Waals surface area contributed by atoms with Gasteiger partial charge in [-0.15, -0.1) is 0 Å². The number of aromatic nitrogens is 1. The molecule has 0 atom stereocenters. The van der Waals surface area contributed by atoms with E-state index in [0.717, 1.165) is 50.3 Å². The Morgan fingerprint density at radius 3 is 2.46 bits per heavy atom. The summed E-state index contributed by atoms with van der Waals surface area (Å²) in [5, 5.41) is 3.49. The third-order valence-corrected chi connectivity index (χ3v) is 4.95. The smallest absolute Gasteiger partial charge is 0.194 e. The third kappa shape index (κ3) is 4.85. The van der Waals surface area contributed by atoms with Gasteiger partial charge in [0.05, 0.1) is 7.11 Å². The van der Waals surface area contributed by atoms with E-state index in [1.807, 2.05) is 50.4 Å². The Hall–Kier alpha value is -2.96. The molecule has 2 heterocycles. The molecule has 1 aliphatic rings. The third-order valence-electron chi connectivity index (χ3n) is 4.95. The van der Waals surface area contributed by atoms with Crippen molar-refractivity contribution in [1.82, 2.24) is 15.2 Å². The number of nitrogens with one attached hydrogen (secondary N) is 1. The van der Waals surface area contributed by atoms with Gasteiger partial charge in [-0.1, -0.05) is 0 Å². The molecule has 0 saturated carbocycles. The average Bonchev–Trinajstić information content (AvgIpc) is 2.75. The molecule has 3 rings (SSSR count). The van der Waals surface area contributed by atoms with E-state index in [0.29, 0.717) is 0 Å². The Bertz CT molecular complexity index is 782. The molecule has 1 N–H and O–H groups in total. The van der Waals surface area contributed by atoms with Crippen molar-refractivity contribution in [3.63, 3.8) is 0 Å². The van der Waals surface area contributed by atoms with Gasteiger partial charge < -0.3 is 24.8 Å². The first-order valence-corrected chi connectivity index (χ1v) is 9.57. The molecule has 0 spiro atoms. The van der Waals surface area contributed by atoms with E-state index in [2.05, 4.69) is 43.3 Å². The van der Waals surface area contributed by atoms with Crippen molar-refractivity contribution in [2.24, 2.45) is 4.99 Å². The van der Waals surface area contributed by atoms with Crippen LogP contribution in [-0.2, 0) is 6.54 Å². The number of rotatable bonds is 5. The summed E-state index contributed by atoms with van der Waals surface area (Å²) in [6.45, 7) is 4.53. The lowest BCUT2D eigenvalue weighted by atomic mass is 10.2. The molecule has 1 saturated heterocycles. The monoisotopic (exact) mass is 382 g/mol. The van der Waals surface area contributed by atoms with Crippen LogP contribution in [-0.4, -0.2) is 70.3 Å². The van der Waals surface area contributed by atoms with Gasteiger partial charge in [0, 0.05) is 65.8 Å². The van der Waals surface area contributed by atoms with Crippen LogP contribution in [0.25, 0.3) is 0 Å². The molecule has 7 nitrogen and oxygen atoms in total. The maximum Gasteiger partial charge on any atom is 0.194 e. The molecule has 0 amide bonds. The second-order valence-electron chi connectivity index (χ2n) is 6.99. The molecule has 0 unspecified atom stereocenters. The summed E-state index contributed by atoms with van der Waals surface area (Å²) >= 11 is 0. The number of benzene rings is 1. The Morgan fingerprint density at radius 1 is 1.14 bits per heavy atom. The first-order valence-electron chi connectivity index (χ1n) is 9.57. The van der Waals surface area contributed by atoms with E-state index >= 15 is 0 Å². The number of methoxy groups -OCH3 is 1. The van der Waals surface area contributed by atoms with Gasteiger partial charge >= 0.3 is 0 Å². The van der Waals surface area contributed by atoms with Crippen molar-refractivity contribution in [3.05, 3.63) is 48.2 Å². The number of hydrogen-bond donors (Lipinski definition) is 1. The largest absolute Gasteiger partial charge is 0.497 e. The highest BCUT2D eigenvalue weighted by Crippen LogP contribution is 2.20. The van der Waals surface area contributed by atoms with Gasteiger partial charge in [0.1, 0.15) is 11.6 Å². The van der Waals surface area contributed by atoms with Crippen LogP contribution in [0.5, 0.6) is 5.75 Å². The Kier molecular flexibility index (Phi) is 6.57. The highest BCUT2D eigenvalue weighted by Gasteiger charge is 2.19. The Labute approximate surface area is 167 Å². The molecular weight excluding hydrogens is 352 g/mol. The van der Waals surface area contributed by atoms with Crippen LogP contribution >= 0.6 is 0 Å². The summed E-state index contributed by atoms with van der Waals surface area (Å²) in [4.78, 5) is 15.6. The van der Waals surface area contributed by atoms with Crippen molar-refractivity contribution in [2.45, 2.75) is 6.54 Å². The number of aliphatic imine (C=N–C) groups is 1. The highest BCUT2D eigenvalue weighted by molar-refractivity contribution is 5.80. The topological polar surface area (TPSA) is 56.2 Å². The van der Waals surface area contributed by atoms with Gasteiger partial charge in [-0.3, -0.25) is 4.99 Å². The molecule has 0 radical (unpaired) electrons. The van der Waals surface area contributed by atoms with Gasteiger partial charge in [-0.25, -0.2) is 4.98 Å². The van der Waals surface area contributed by atoms with Crippen molar-refractivity contribution < 1.29 is 4.74 Å². The lowest BCUT2D eigenvalue weighted by molar-refractivity contribution is 0.372. The van der Waals surface area contributed by atoms with E-state index in [-0.39, 0.29) is 0 Å². The van der Waals surface area contributed by atoms with Crippen LogP contribution in [0.1, 0.15) is 5.56 Å². The molecular formula is C21H30N6O. The minimum Gasteiger partial charge on any atom is -0.497 e. The molecule has 28 heavy (non-hydrogen) atoms. The number of nitrogens with zero attached hydrogens (tertiary/aromatic N) is 5. The van der Waals surface area contributed by atoms with Crippen LogP contribution in [0.15, 0.2) is 47.6 Å². The van der Waals surface area contributed by atoms with Gasteiger partial charge in [0.2, 0.25) is 0 Å².